The van der Waals surface area contributed by atoms with Gasteiger partial charge in [0.2, 0.25) is 11.8 Å². The van der Waals surface area contributed by atoms with Crippen LogP contribution in [-0.2, 0) is 9.59 Å². The molecule has 0 saturated carbocycles. The van der Waals surface area contributed by atoms with Crippen LogP contribution in [0.2, 0.25) is 0 Å². The first-order chi connectivity index (χ1) is 10.9. The van der Waals surface area contributed by atoms with E-state index in [2.05, 4.69) is 0 Å². The predicted octanol–water partition coefficient (Wildman–Crippen LogP) is 2.61. The number of rotatable bonds is 4. The van der Waals surface area contributed by atoms with Crippen LogP contribution in [0.4, 0.5) is 4.39 Å². The minimum Gasteiger partial charge on any atom is -0.342 e. The molecule has 2 rings (SSSR count). The summed E-state index contributed by atoms with van der Waals surface area (Å²) in [7, 11) is 1.76. The number of hydrogen-bond acceptors (Lipinski definition) is 3. The normalized spacial score (nSPS) is 18.0. The molecule has 1 aliphatic heterocycles. The van der Waals surface area contributed by atoms with E-state index in [9.17, 15) is 14.0 Å². The van der Waals surface area contributed by atoms with Gasteiger partial charge in [0, 0.05) is 24.9 Å². The minimum atomic E-state index is -0.419. The van der Waals surface area contributed by atoms with Crippen LogP contribution in [-0.4, -0.2) is 52.4 Å². The van der Waals surface area contributed by atoms with E-state index < -0.39 is 6.04 Å². The third-order valence-corrected chi connectivity index (χ3v) is 4.87. The van der Waals surface area contributed by atoms with Crippen molar-refractivity contribution >= 4 is 29.7 Å². The molecule has 0 bridgehead atoms. The van der Waals surface area contributed by atoms with Crippen molar-refractivity contribution in [1.29, 1.82) is 0 Å². The molecule has 0 radical (unpaired) electrons. The van der Waals surface area contributed by atoms with E-state index in [1.54, 1.807) is 46.8 Å². The molecule has 1 heterocycles. The van der Waals surface area contributed by atoms with Crippen LogP contribution in [0.25, 0.3) is 6.08 Å². The monoisotopic (exact) mass is 336 g/mol. The summed E-state index contributed by atoms with van der Waals surface area (Å²) in [6.45, 7) is 3.89. The molecular formula is C17H21FN2O2S. The molecule has 1 aliphatic rings. The fourth-order valence-corrected chi connectivity index (χ4v) is 3.35. The number of halogens is 1. The average Bonchev–Trinajstić information content (AvgIpc) is 3.02. The third kappa shape index (κ3) is 4.34. The molecular weight excluding hydrogens is 315 g/mol. The first-order valence-corrected chi connectivity index (χ1v) is 8.64. The van der Waals surface area contributed by atoms with Crippen molar-refractivity contribution in [2.75, 3.05) is 18.7 Å². The van der Waals surface area contributed by atoms with Gasteiger partial charge in [-0.3, -0.25) is 9.59 Å². The topological polar surface area (TPSA) is 40.6 Å². The van der Waals surface area contributed by atoms with Crippen molar-refractivity contribution < 1.29 is 14.0 Å². The second-order valence-corrected chi connectivity index (χ2v) is 6.75. The second kappa shape index (κ2) is 7.64. The third-order valence-electron chi connectivity index (χ3n) is 3.86. The van der Waals surface area contributed by atoms with E-state index in [0.29, 0.717) is 11.6 Å². The highest BCUT2D eigenvalue weighted by Crippen LogP contribution is 2.23. The smallest absolute Gasteiger partial charge is 0.247 e. The van der Waals surface area contributed by atoms with E-state index in [-0.39, 0.29) is 23.7 Å². The zero-order chi connectivity index (χ0) is 17.0. The lowest BCUT2D eigenvalue weighted by molar-refractivity contribution is -0.141. The van der Waals surface area contributed by atoms with Crippen molar-refractivity contribution in [2.45, 2.75) is 25.9 Å². The zero-order valence-electron chi connectivity index (χ0n) is 13.5. The maximum Gasteiger partial charge on any atom is 0.247 e. The lowest BCUT2D eigenvalue weighted by atomic mass is 10.2. The Morgan fingerprint density at radius 3 is 2.61 bits per heavy atom. The van der Waals surface area contributed by atoms with E-state index >= 15 is 0 Å². The summed E-state index contributed by atoms with van der Waals surface area (Å²) in [4.78, 5) is 28.1. The lowest BCUT2D eigenvalue weighted by Gasteiger charge is -2.29. The Morgan fingerprint density at radius 1 is 1.35 bits per heavy atom. The summed E-state index contributed by atoms with van der Waals surface area (Å²) in [5.41, 5.74) is 0.744. The molecule has 1 aromatic rings. The molecule has 4 nitrogen and oxygen atoms in total. The van der Waals surface area contributed by atoms with Gasteiger partial charge in [0.15, 0.2) is 0 Å². The van der Waals surface area contributed by atoms with Gasteiger partial charge < -0.3 is 9.80 Å². The van der Waals surface area contributed by atoms with E-state index in [4.69, 9.17) is 0 Å². The van der Waals surface area contributed by atoms with Crippen molar-refractivity contribution in [1.82, 2.24) is 9.80 Å². The molecule has 124 valence electrons. The average molecular weight is 336 g/mol. The summed E-state index contributed by atoms with van der Waals surface area (Å²) in [5, 5.41) is 0. The van der Waals surface area contributed by atoms with Crippen LogP contribution in [0, 0.1) is 5.82 Å². The number of carbonyl (C=O) groups excluding carboxylic acids is 2. The molecule has 1 unspecified atom stereocenters. The van der Waals surface area contributed by atoms with Gasteiger partial charge in [0.05, 0.1) is 5.88 Å². The molecule has 6 heteroatoms. The summed E-state index contributed by atoms with van der Waals surface area (Å²) in [6, 6.07) is 5.58. The Hall–Kier alpha value is -1.82. The van der Waals surface area contributed by atoms with Crippen LogP contribution in [0.1, 0.15) is 19.4 Å². The Balaban J connectivity index is 2.05. The van der Waals surface area contributed by atoms with Crippen molar-refractivity contribution in [3.63, 3.8) is 0 Å². The molecule has 0 N–H and O–H groups in total. The quantitative estimate of drug-likeness (QED) is 0.794. The fraction of sp³-hybridized carbons (Fsp3) is 0.412. The van der Waals surface area contributed by atoms with Crippen molar-refractivity contribution in [2.24, 2.45) is 0 Å². The molecule has 1 aromatic carbocycles. The van der Waals surface area contributed by atoms with Crippen molar-refractivity contribution in [3.8, 4) is 0 Å². The maximum atomic E-state index is 12.9. The Labute approximate surface area is 140 Å². The van der Waals surface area contributed by atoms with E-state index in [0.717, 1.165) is 5.56 Å². The zero-order valence-corrected chi connectivity index (χ0v) is 14.3. The molecule has 1 atom stereocenters. The van der Waals surface area contributed by atoms with Gasteiger partial charge in [-0.15, -0.1) is 11.8 Å². The maximum absolute atomic E-state index is 12.9. The van der Waals surface area contributed by atoms with Gasteiger partial charge in [0.25, 0.3) is 0 Å². The first-order valence-electron chi connectivity index (χ1n) is 7.49. The van der Waals surface area contributed by atoms with Crippen LogP contribution < -0.4 is 0 Å². The summed E-state index contributed by atoms with van der Waals surface area (Å²) in [6.07, 6.45) is 3.08. The van der Waals surface area contributed by atoms with Gasteiger partial charge in [0.1, 0.15) is 11.9 Å². The SMILES string of the molecule is CC(C)N(C)C(=O)C1CSCN1C(=O)C=Cc1ccc(F)cc1. The summed E-state index contributed by atoms with van der Waals surface area (Å²) >= 11 is 1.57. The van der Waals surface area contributed by atoms with Crippen molar-refractivity contribution in [3.05, 3.63) is 41.7 Å². The van der Waals surface area contributed by atoms with Gasteiger partial charge >= 0.3 is 0 Å². The highest BCUT2D eigenvalue weighted by molar-refractivity contribution is 7.99. The molecule has 2 amide bonds. The minimum absolute atomic E-state index is 0.0338. The molecule has 0 aliphatic carbocycles. The number of likely N-dealkylation sites (N-methyl/N-ethyl adjacent to an activating group) is 1. The van der Waals surface area contributed by atoms with Gasteiger partial charge in [-0.25, -0.2) is 4.39 Å². The molecule has 23 heavy (non-hydrogen) atoms. The van der Waals surface area contributed by atoms with E-state index in [1.807, 2.05) is 13.8 Å². The van der Waals surface area contributed by atoms with Crippen LogP contribution in [0.3, 0.4) is 0 Å². The number of amides is 2. The number of nitrogens with zero attached hydrogens (tertiary/aromatic N) is 2. The Morgan fingerprint density at radius 2 is 2.00 bits per heavy atom. The lowest BCUT2D eigenvalue weighted by Crippen LogP contribution is -2.49. The van der Waals surface area contributed by atoms with Gasteiger partial charge in [-0.05, 0) is 37.6 Å². The fourth-order valence-electron chi connectivity index (χ4n) is 2.19. The second-order valence-electron chi connectivity index (χ2n) is 5.75. The van der Waals surface area contributed by atoms with Crippen LogP contribution >= 0.6 is 11.8 Å². The number of benzene rings is 1. The van der Waals surface area contributed by atoms with Crippen LogP contribution in [0.5, 0.6) is 0 Å². The van der Waals surface area contributed by atoms with E-state index in [1.165, 1.54) is 18.2 Å². The first kappa shape index (κ1) is 17.5. The Kier molecular flexibility index (Phi) is 5.82. The summed E-state index contributed by atoms with van der Waals surface area (Å²) in [5.74, 6) is 0.580. The molecule has 1 fully saturated rings. The summed E-state index contributed by atoms with van der Waals surface area (Å²) < 4.78 is 12.9. The molecule has 1 saturated heterocycles. The van der Waals surface area contributed by atoms with Gasteiger partial charge in [-0.2, -0.15) is 0 Å². The molecule has 0 spiro atoms. The largest absolute Gasteiger partial charge is 0.342 e. The Bertz CT molecular complexity index is 601. The number of hydrogen-bond donors (Lipinski definition) is 0. The number of thioether (sulfide) groups is 1. The highest BCUT2D eigenvalue weighted by atomic mass is 32.2. The highest BCUT2D eigenvalue weighted by Gasteiger charge is 2.35. The van der Waals surface area contributed by atoms with Gasteiger partial charge in [-0.1, -0.05) is 12.1 Å². The standard InChI is InChI=1S/C17H21FN2O2S/c1-12(2)19(3)17(22)15-10-23-11-20(15)16(21)9-6-13-4-7-14(18)8-5-13/h4-9,12,15H,10-11H2,1-3H3. The molecule has 0 aromatic heterocycles. The predicted molar refractivity (Wildman–Crippen MR) is 91.3 cm³/mol. The van der Waals surface area contributed by atoms with Crippen LogP contribution in [0.15, 0.2) is 30.3 Å². The number of carbonyl (C=O) groups is 2.